The number of hydrogen-bond donors (Lipinski definition) is 2. The quantitative estimate of drug-likeness (QED) is 0.769. The van der Waals surface area contributed by atoms with E-state index in [0.717, 1.165) is 5.56 Å². The molecule has 0 aliphatic carbocycles. The predicted octanol–water partition coefficient (Wildman–Crippen LogP) is 0.972. The number of nitrogens with one attached hydrogen (secondary N) is 1. The summed E-state index contributed by atoms with van der Waals surface area (Å²) in [7, 11) is -3.37. The van der Waals surface area contributed by atoms with E-state index in [9.17, 15) is 8.42 Å². The Bertz CT molecular complexity index is 517. The molecule has 0 bridgehead atoms. The first-order valence-electron chi connectivity index (χ1n) is 4.85. The summed E-state index contributed by atoms with van der Waals surface area (Å²) in [4.78, 5) is 0. The minimum atomic E-state index is -3.37. The number of sulfonamides is 1. The smallest absolute Gasteiger partial charge is 0.268 e. The lowest BCUT2D eigenvalue weighted by Crippen LogP contribution is -2.30. The van der Waals surface area contributed by atoms with Gasteiger partial charge in [0.05, 0.1) is 5.69 Å². The Kier molecular flexibility index (Phi) is 2.36. The van der Waals surface area contributed by atoms with Crippen LogP contribution in [0.15, 0.2) is 18.2 Å². The maximum Gasteiger partial charge on any atom is 0.268 e. The van der Waals surface area contributed by atoms with Crippen molar-refractivity contribution >= 4 is 15.7 Å². The SMILES string of the molecule is CC(C)(N)c1ccc2c(c1)NS(=O)(=O)CO2. The highest BCUT2D eigenvalue weighted by Crippen LogP contribution is 2.32. The molecule has 1 aliphatic heterocycles. The van der Waals surface area contributed by atoms with Gasteiger partial charge in [-0.15, -0.1) is 0 Å². The molecule has 0 saturated heterocycles. The van der Waals surface area contributed by atoms with Crippen LogP contribution in [0.5, 0.6) is 5.75 Å². The summed E-state index contributed by atoms with van der Waals surface area (Å²) < 4.78 is 30.2. The zero-order valence-electron chi connectivity index (χ0n) is 9.15. The van der Waals surface area contributed by atoms with Crippen LogP contribution >= 0.6 is 0 Å². The van der Waals surface area contributed by atoms with Gasteiger partial charge in [0, 0.05) is 5.54 Å². The van der Waals surface area contributed by atoms with Crippen LogP contribution in [0.4, 0.5) is 5.69 Å². The van der Waals surface area contributed by atoms with E-state index in [2.05, 4.69) is 4.72 Å². The Hall–Kier alpha value is -1.27. The summed E-state index contributed by atoms with van der Waals surface area (Å²) in [6, 6.07) is 5.26. The molecule has 1 heterocycles. The topological polar surface area (TPSA) is 81.4 Å². The lowest BCUT2D eigenvalue weighted by molar-refractivity contribution is 0.374. The van der Waals surface area contributed by atoms with Crippen LogP contribution < -0.4 is 15.2 Å². The van der Waals surface area contributed by atoms with Gasteiger partial charge in [-0.1, -0.05) is 6.07 Å². The summed E-state index contributed by atoms with van der Waals surface area (Å²) in [5.74, 6) is 0.188. The molecule has 0 fully saturated rings. The second-order valence-corrected chi connectivity index (χ2v) is 6.08. The third kappa shape index (κ3) is 2.12. The van der Waals surface area contributed by atoms with Gasteiger partial charge in [0.15, 0.2) is 0 Å². The van der Waals surface area contributed by atoms with E-state index in [1.165, 1.54) is 0 Å². The van der Waals surface area contributed by atoms with Crippen LogP contribution in [0, 0.1) is 0 Å². The summed E-state index contributed by atoms with van der Waals surface area (Å²) in [6.45, 7) is 3.71. The summed E-state index contributed by atoms with van der Waals surface area (Å²) in [6.07, 6.45) is 0. The van der Waals surface area contributed by atoms with Gasteiger partial charge in [-0.25, -0.2) is 8.42 Å². The number of hydrogen-bond acceptors (Lipinski definition) is 4. The molecule has 0 radical (unpaired) electrons. The summed E-state index contributed by atoms with van der Waals surface area (Å²) >= 11 is 0. The predicted molar refractivity (Wildman–Crippen MR) is 61.7 cm³/mol. The molecular weight excluding hydrogens is 228 g/mol. The first-order valence-corrected chi connectivity index (χ1v) is 6.50. The van der Waals surface area contributed by atoms with E-state index >= 15 is 0 Å². The van der Waals surface area contributed by atoms with Crippen molar-refractivity contribution in [3.63, 3.8) is 0 Å². The molecule has 0 spiro atoms. The Labute approximate surface area is 94.6 Å². The highest BCUT2D eigenvalue weighted by atomic mass is 32.2. The van der Waals surface area contributed by atoms with Crippen LogP contribution in [0.1, 0.15) is 19.4 Å². The fourth-order valence-corrected chi connectivity index (χ4v) is 2.31. The standard InChI is InChI=1S/C10H14N2O3S/c1-10(2,11)7-3-4-9-8(5-7)12-16(13,14)6-15-9/h3-5,12H,6,11H2,1-2H3. The zero-order chi connectivity index (χ0) is 12.0. The van der Waals surface area contributed by atoms with Gasteiger partial charge in [0.1, 0.15) is 5.75 Å². The van der Waals surface area contributed by atoms with Crippen molar-refractivity contribution in [1.82, 2.24) is 0 Å². The average Bonchev–Trinajstić information content (AvgIpc) is 2.13. The molecule has 0 atom stereocenters. The first-order chi connectivity index (χ1) is 7.28. The zero-order valence-corrected chi connectivity index (χ0v) is 9.97. The molecule has 0 amide bonds. The highest BCUT2D eigenvalue weighted by Gasteiger charge is 2.23. The van der Waals surface area contributed by atoms with E-state index < -0.39 is 15.6 Å². The minimum Gasteiger partial charge on any atom is -0.474 e. The van der Waals surface area contributed by atoms with Crippen LogP contribution in [0.3, 0.4) is 0 Å². The molecule has 3 N–H and O–H groups in total. The molecule has 2 rings (SSSR count). The van der Waals surface area contributed by atoms with Gasteiger partial charge in [-0.3, -0.25) is 4.72 Å². The van der Waals surface area contributed by atoms with Crippen molar-refractivity contribution < 1.29 is 13.2 Å². The Morgan fingerprint density at radius 3 is 2.75 bits per heavy atom. The minimum absolute atomic E-state index is 0.342. The molecule has 0 aromatic heterocycles. The van der Waals surface area contributed by atoms with Crippen LogP contribution in [0.25, 0.3) is 0 Å². The molecule has 0 unspecified atom stereocenters. The molecular formula is C10H14N2O3S. The molecule has 88 valence electrons. The normalized spacial score (nSPS) is 18.2. The van der Waals surface area contributed by atoms with Crippen molar-refractivity contribution in [1.29, 1.82) is 0 Å². The van der Waals surface area contributed by atoms with Crippen molar-refractivity contribution in [2.24, 2.45) is 5.73 Å². The largest absolute Gasteiger partial charge is 0.474 e. The Balaban J connectivity index is 2.46. The van der Waals surface area contributed by atoms with E-state index in [-0.39, 0.29) is 5.94 Å². The monoisotopic (exact) mass is 242 g/mol. The summed E-state index contributed by atoms with van der Waals surface area (Å²) in [5.41, 5.74) is 6.72. The molecule has 1 aliphatic rings. The molecule has 16 heavy (non-hydrogen) atoms. The van der Waals surface area contributed by atoms with Crippen molar-refractivity contribution in [3.05, 3.63) is 23.8 Å². The lowest BCUT2D eigenvalue weighted by atomic mass is 9.95. The Morgan fingerprint density at radius 2 is 2.12 bits per heavy atom. The third-order valence-electron chi connectivity index (χ3n) is 2.36. The van der Waals surface area contributed by atoms with Crippen LogP contribution in [-0.4, -0.2) is 14.4 Å². The van der Waals surface area contributed by atoms with Gasteiger partial charge in [0.25, 0.3) is 10.0 Å². The second-order valence-electron chi connectivity index (χ2n) is 4.41. The number of anilines is 1. The van der Waals surface area contributed by atoms with Crippen molar-refractivity contribution in [2.45, 2.75) is 19.4 Å². The first kappa shape index (κ1) is 11.2. The number of nitrogens with two attached hydrogens (primary N) is 1. The van der Waals surface area contributed by atoms with E-state index in [1.807, 2.05) is 19.9 Å². The summed E-state index contributed by atoms with van der Waals surface area (Å²) in [5, 5.41) is 0. The molecule has 0 saturated carbocycles. The average molecular weight is 242 g/mol. The number of ether oxygens (including phenoxy) is 1. The molecule has 1 aromatic carbocycles. The van der Waals surface area contributed by atoms with Gasteiger partial charge < -0.3 is 10.5 Å². The number of rotatable bonds is 1. The van der Waals surface area contributed by atoms with Gasteiger partial charge in [-0.05, 0) is 31.5 Å². The lowest BCUT2D eigenvalue weighted by Gasteiger charge is -2.24. The molecule has 6 heteroatoms. The van der Waals surface area contributed by atoms with E-state index in [1.54, 1.807) is 12.1 Å². The number of fused-ring (bicyclic) bond motifs is 1. The molecule has 5 nitrogen and oxygen atoms in total. The van der Waals surface area contributed by atoms with Crippen LogP contribution in [-0.2, 0) is 15.6 Å². The molecule has 1 aromatic rings. The van der Waals surface area contributed by atoms with Crippen molar-refractivity contribution in [2.75, 3.05) is 10.7 Å². The fourth-order valence-electron chi connectivity index (χ4n) is 1.47. The third-order valence-corrected chi connectivity index (χ3v) is 3.32. The second kappa shape index (κ2) is 3.36. The number of benzene rings is 1. The maximum atomic E-state index is 11.3. The fraction of sp³-hybridized carbons (Fsp3) is 0.400. The van der Waals surface area contributed by atoms with E-state index in [0.29, 0.717) is 11.4 Å². The van der Waals surface area contributed by atoms with Gasteiger partial charge in [0.2, 0.25) is 5.94 Å². The highest BCUT2D eigenvalue weighted by molar-refractivity contribution is 7.92. The Morgan fingerprint density at radius 1 is 1.44 bits per heavy atom. The maximum absolute atomic E-state index is 11.3. The van der Waals surface area contributed by atoms with Gasteiger partial charge >= 0.3 is 0 Å². The van der Waals surface area contributed by atoms with Crippen molar-refractivity contribution in [3.8, 4) is 5.75 Å². The van der Waals surface area contributed by atoms with Gasteiger partial charge in [-0.2, -0.15) is 0 Å². The van der Waals surface area contributed by atoms with E-state index in [4.69, 9.17) is 10.5 Å². The van der Waals surface area contributed by atoms with Crippen LogP contribution in [0.2, 0.25) is 0 Å².